The Hall–Kier alpha value is -2.93. The van der Waals surface area contributed by atoms with E-state index in [0.717, 1.165) is 0 Å². The van der Waals surface area contributed by atoms with Crippen molar-refractivity contribution in [3.05, 3.63) is 59.6 Å². The lowest BCUT2D eigenvalue weighted by Gasteiger charge is -2.34. The van der Waals surface area contributed by atoms with Gasteiger partial charge in [-0.1, -0.05) is 41.9 Å². The molecule has 1 aliphatic rings. The third-order valence-corrected chi connectivity index (χ3v) is 7.81. The van der Waals surface area contributed by atoms with Gasteiger partial charge in [0.2, 0.25) is 21.8 Å². The van der Waals surface area contributed by atoms with Gasteiger partial charge in [0.25, 0.3) is 0 Å². The summed E-state index contributed by atoms with van der Waals surface area (Å²) in [5, 5.41) is 9.06. The number of nitriles is 1. The summed E-state index contributed by atoms with van der Waals surface area (Å²) in [5.74, 6) is -0.434. The third-order valence-electron chi connectivity index (χ3n) is 5.41. The number of para-hydroxylation sites is 1. The average molecular weight is 489 g/mol. The third kappa shape index (κ3) is 6.11. The van der Waals surface area contributed by atoms with Crippen LogP contribution in [0.1, 0.15) is 19.3 Å². The van der Waals surface area contributed by atoms with Crippen LogP contribution in [0, 0.1) is 11.3 Å². The van der Waals surface area contributed by atoms with E-state index in [1.54, 1.807) is 29.2 Å². The smallest absolute Gasteiger partial charge is 0.244 e. The fourth-order valence-corrected chi connectivity index (χ4v) is 5.56. The fraction of sp³-hybridized carbons (Fsp3) is 0.348. The second-order valence-corrected chi connectivity index (χ2v) is 9.82. The van der Waals surface area contributed by atoms with Gasteiger partial charge in [0, 0.05) is 51.3 Å². The number of rotatable bonds is 8. The van der Waals surface area contributed by atoms with Crippen LogP contribution in [0.3, 0.4) is 0 Å². The van der Waals surface area contributed by atoms with Gasteiger partial charge in [0.15, 0.2) is 0 Å². The first-order valence-corrected chi connectivity index (χ1v) is 12.4. The van der Waals surface area contributed by atoms with Crippen LogP contribution in [-0.2, 0) is 19.6 Å². The molecule has 0 radical (unpaired) electrons. The molecule has 0 atom stereocenters. The lowest BCUT2D eigenvalue weighted by molar-refractivity contribution is -0.134. The summed E-state index contributed by atoms with van der Waals surface area (Å²) >= 11 is 6.06. The zero-order valence-electron chi connectivity index (χ0n) is 18.1. The number of benzene rings is 2. The van der Waals surface area contributed by atoms with Crippen LogP contribution in [0.5, 0.6) is 0 Å². The van der Waals surface area contributed by atoms with Crippen molar-refractivity contribution >= 4 is 39.1 Å². The molecule has 0 aliphatic carbocycles. The molecule has 8 nitrogen and oxygen atoms in total. The first kappa shape index (κ1) is 24.7. The Morgan fingerprint density at radius 2 is 1.61 bits per heavy atom. The Labute approximate surface area is 199 Å². The van der Waals surface area contributed by atoms with Crippen LogP contribution >= 0.6 is 11.6 Å². The van der Waals surface area contributed by atoms with E-state index < -0.39 is 10.0 Å². The Morgan fingerprint density at radius 1 is 0.970 bits per heavy atom. The number of sulfonamides is 1. The van der Waals surface area contributed by atoms with Crippen LogP contribution < -0.4 is 4.90 Å². The van der Waals surface area contributed by atoms with Gasteiger partial charge < -0.3 is 9.80 Å². The van der Waals surface area contributed by atoms with E-state index in [1.165, 1.54) is 21.3 Å². The van der Waals surface area contributed by atoms with E-state index >= 15 is 0 Å². The fourth-order valence-electron chi connectivity index (χ4n) is 3.65. The van der Waals surface area contributed by atoms with Gasteiger partial charge in [-0.2, -0.15) is 9.57 Å². The molecule has 2 amide bonds. The Balaban J connectivity index is 1.55. The number of carbonyl (C=O) groups excluding carboxylic acids is 2. The summed E-state index contributed by atoms with van der Waals surface area (Å²) in [4.78, 5) is 28.6. The maximum atomic E-state index is 12.9. The summed E-state index contributed by atoms with van der Waals surface area (Å²) in [6, 6.07) is 17.3. The summed E-state index contributed by atoms with van der Waals surface area (Å²) in [6.07, 6.45) is 0.222. The van der Waals surface area contributed by atoms with Crippen molar-refractivity contribution in [2.75, 3.05) is 37.6 Å². The number of anilines is 1. The molecule has 0 saturated carbocycles. The van der Waals surface area contributed by atoms with Crippen molar-refractivity contribution in [3.8, 4) is 6.07 Å². The first-order valence-electron chi connectivity index (χ1n) is 10.6. The second-order valence-electron chi connectivity index (χ2n) is 7.50. The van der Waals surface area contributed by atoms with Crippen LogP contribution in [0.15, 0.2) is 59.5 Å². The van der Waals surface area contributed by atoms with E-state index in [9.17, 15) is 18.0 Å². The zero-order chi connectivity index (χ0) is 23.8. The molecule has 0 bridgehead atoms. The Morgan fingerprint density at radius 3 is 2.24 bits per heavy atom. The highest BCUT2D eigenvalue weighted by molar-refractivity contribution is 7.89. The molecular formula is C23H25ClN4O4S. The molecule has 1 saturated heterocycles. The van der Waals surface area contributed by atoms with E-state index in [1.807, 2.05) is 24.3 Å². The van der Waals surface area contributed by atoms with Crippen molar-refractivity contribution in [2.45, 2.75) is 24.2 Å². The highest BCUT2D eigenvalue weighted by Crippen LogP contribution is 2.25. The molecule has 1 heterocycles. The number of amides is 2. The summed E-state index contributed by atoms with van der Waals surface area (Å²) in [6.45, 7) is 1.06. The van der Waals surface area contributed by atoms with Crippen LogP contribution in [-0.4, -0.2) is 62.2 Å². The molecular weight excluding hydrogens is 464 g/mol. The number of nitrogens with zero attached hydrogens (tertiary/aromatic N) is 4. The molecule has 0 aromatic heterocycles. The van der Waals surface area contributed by atoms with Crippen LogP contribution in [0.4, 0.5) is 5.69 Å². The quantitative estimate of drug-likeness (QED) is 0.568. The highest BCUT2D eigenvalue weighted by atomic mass is 35.5. The van der Waals surface area contributed by atoms with Crippen LogP contribution in [0.2, 0.25) is 5.02 Å². The predicted octanol–water partition coefficient (Wildman–Crippen LogP) is 2.90. The number of hydrogen-bond donors (Lipinski definition) is 0. The predicted molar refractivity (Wildman–Crippen MR) is 125 cm³/mol. The topological polar surface area (TPSA) is 102 Å². The van der Waals surface area contributed by atoms with Crippen molar-refractivity contribution < 1.29 is 18.0 Å². The minimum absolute atomic E-state index is 0.0112. The molecule has 174 valence electrons. The molecule has 0 N–H and O–H groups in total. The van der Waals surface area contributed by atoms with Gasteiger partial charge in [-0.3, -0.25) is 9.59 Å². The van der Waals surface area contributed by atoms with Gasteiger partial charge in [-0.25, -0.2) is 8.42 Å². The molecule has 0 unspecified atom stereocenters. The van der Waals surface area contributed by atoms with Gasteiger partial charge in [0.1, 0.15) is 4.90 Å². The standard InChI is InChI=1S/C23H25ClN4O4S/c24-20-9-4-5-10-21(20)33(31,32)27-17-15-26(16-18-27)22(29)11-12-23(30)28(14-6-13-25)19-7-2-1-3-8-19/h1-5,7-10H,6,11-12,14-18H2. The summed E-state index contributed by atoms with van der Waals surface area (Å²) < 4.78 is 27.0. The van der Waals surface area contributed by atoms with Crippen molar-refractivity contribution in [1.29, 1.82) is 5.26 Å². The average Bonchev–Trinajstić information content (AvgIpc) is 2.83. The molecule has 33 heavy (non-hydrogen) atoms. The molecule has 10 heteroatoms. The molecule has 1 fully saturated rings. The Bertz CT molecular complexity index is 1130. The maximum Gasteiger partial charge on any atom is 0.244 e. The largest absolute Gasteiger partial charge is 0.340 e. The van der Waals surface area contributed by atoms with Gasteiger partial charge in [-0.15, -0.1) is 0 Å². The number of carbonyl (C=O) groups is 2. The molecule has 3 rings (SSSR count). The van der Waals surface area contributed by atoms with Crippen molar-refractivity contribution in [1.82, 2.24) is 9.21 Å². The normalized spacial score (nSPS) is 14.5. The molecule has 2 aromatic carbocycles. The first-order chi connectivity index (χ1) is 15.8. The molecule has 1 aliphatic heterocycles. The number of hydrogen-bond acceptors (Lipinski definition) is 5. The number of piperazine rings is 1. The van der Waals surface area contributed by atoms with Crippen molar-refractivity contribution in [3.63, 3.8) is 0 Å². The Kier molecular flexibility index (Phi) is 8.44. The van der Waals surface area contributed by atoms with E-state index in [-0.39, 0.29) is 73.7 Å². The monoisotopic (exact) mass is 488 g/mol. The maximum absolute atomic E-state index is 12.9. The van der Waals surface area contributed by atoms with Gasteiger partial charge in [0.05, 0.1) is 17.5 Å². The lowest BCUT2D eigenvalue weighted by Crippen LogP contribution is -2.50. The van der Waals surface area contributed by atoms with Gasteiger partial charge >= 0.3 is 0 Å². The molecule has 0 spiro atoms. The highest BCUT2D eigenvalue weighted by Gasteiger charge is 2.31. The van der Waals surface area contributed by atoms with E-state index in [0.29, 0.717) is 5.69 Å². The zero-order valence-corrected chi connectivity index (χ0v) is 19.6. The SMILES string of the molecule is N#CCCN(C(=O)CCC(=O)N1CCN(S(=O)(=O)c2ccccc2Cl)CC1)c1ccccc1. The van der Waals surface area contributed by atoms with Gasteiger partial charge in [-0.05, 0) is 24.3 Å². The molecule has 2 aromatic rings. The summed E-state index contributed by atoms with van der Waals surface area (Å²) in [5.41, 5.74) is 0.684. The lowest BCUT2D eigenvalue weighted by atomic mass is 10.2. The van der Waals surface area contributed by atoms with E-state index in [4.69, 9.17) is 16.9 Å². The number of halogens is 1. The van der Waals surface area contributed by atoms with Crippen molar-refractivity contribution in [2.24, 2.45) is 0 Å². The minimum Gasteiger partial charge on any atom is -0.340 e. The van der Waals surface area contributed by atoms with Crippen LogP contribution in [0.25, 0.3) is 0 Å². The van der Waals surface area contributed by atoms with E-state index in [2.05, 4.69) is 0 Å². The summed E-state index contributed by atoms with van der Waals surface area (Å²) in [7, 11) is -3.74. The minimum atomic E-state index is -3.74. The second kappa shape index (κ2) is 11.3.